The van der Waals surface area contributed by atoms with Gasteiger partial charge in [-0.05, 0) is 17.5 Å². The van der Waals surface area contributed by atoms with Crippen molar-refractivity contribution in [1.82, 2.24) is 4.98 Å². The maximum atomic E-state index is 5.54. The van der Waals surface area contributed by atoms with Gasteiger partial charge in [-0.25, -0.2) is 0 Å². The number of pyridine rings is 1. The zero-order chi connectivity index (χ0) is 7.40. The minimum Gasteiger partial charge on any atom is -0.398 e. The van der Waals surface area contributed by atoms with Gasteiger partial charge in [0.05, 0.1) is 0 Å². The lowest BCUT2D eigenvalue weighted by molar-refractivity contribution is 1.30. The highest BCUT2D eigenvalue weighted by Gasteiger charge is 1.91. The number of rotatable bonds is 1. The monoisotopic (exact) mass is 152 g/mol. The summed E-state index contributed by atoms with van der Waals surface area (Å²) in [6, 6.07) is 3.72. The fourth-order valence-corrected chi connectivity index (χ4v) is 0.757. The molecular formula is C7H8N2S. The molecule has 0 aliphatic carbocycles. The molecule has 10 heavy (non-hydrogen) atoms. The van der Waals surface area contributed by atoms with Crippen LogP contribution >= 0.6 is 12.6 Å². The van der Waals surface area contributed by atoms with Gasteiger partial charge < -0.3 is 5.73 Å². The van der Waals surface area contributed by atoms with Crippen molar-refractivity contribution >= 4 is 18.3 Å². The van der Waals surface area contributed by atoms with Crippen LogP contribution in [0, 0.1) is 0 Å². The van der Waals surface area contributed by atoms with E-state index in [2.05, 4.69) is 17.6 Å². The molecule has 0 aromatic carbocycles. The Hall–Kier alpha value is -0.960. The van der Waals surface area contributed by atoms with Crippen LogP contribution in [-0.2, 0) is 0 Å². The molecule has 0 fully saturated rings. The normalized spacial score (nSPS) is 11.5. The third-order valence-corrected chi connectivity index (χ3v) is 1.41. The molecule has 0 saturated carbocycles. The SMILES string of the molecule is N/C(=C\S)c1cccnc1. The molecule has 3 heteroatoms. The zero-order valence-corrected chi connectivity index (χ0v) is 6.25. The Balaban J connectivity index is 2.96. The molecule has 2 nitrogen and oxygen atoms in total. The Morgan fingerprint density at radius 2 is 2.50 bits per heavy atom. The van der Waals surface area contributed by atoms with Crippen molar-refractivity contribution in [2.75, 3.05) is 0 Å². The van der Waals surface area contributed by atoms with Gasteiger partial charge in [-0.1, -0.05) is 0 Å². The Morgan fingerprint density at radius 1 is 1.70 bits per heavy atom. The molecule has 0 atom stereocenters. The van der Waals surface area contributed by atoms with Gasteiger partial charge in [0.1, 0.15) is 0 Å². The van der Waals surface area contributed by atoms with Gasteiger partial charge in [0.25, 0.3) is 0 Å². The van der Waals surface area contributed by atoms with Crippen LogP contribution in [0.4, 0.5) is 0 Å². The highest BCUT2D eigenvalue weighted by atomic mass is 32.1. The topological polar surface area (TPSA) is 38.9 Å². The van der Waals surface area contributed by atoms with Crippen LogP contribution < -0.4 is 5.73 Å². The smallest absolute Gasteiger partial charge is 0.0464 e. The molecule has 0 unspecified atom stereocenters. The second-order valence-corrected chi connectivity index (χ2v) is 2.08. The lowest BCUT2D eigenvalue weighted by Crippen LogP contribution is -1.94. The second kappa shape index (κ2) is 3.27. The zero-order valence-electron chi connectivity index (χ0n) is 5.36. The van der Waals surface area contributed by atoms with Gasteiger partial charge >= 0.3 is 0 Å². The van der Waals surface area contributed by atoms with Crippen molar-refractivity contribution in [3.63, 3.8) is 0 Å². The minimum absolute atomic E-state index is 0.636. The predicted octanol–water partition coefficient (Wildman–Crippen LogP) is 1.27. The lowest BCUT2D eigenvalue weighted by atomic mass is 10.2. The summed E-state index contributed by atoms with van der Waals surface area (Å²) in [6.45, 7) is 0. The van der Waals surface area contributed by atoms with Gasteiger partial charge in [0.15, 0.2) is 0 Å². The number of thiol groups is 1. The maximum absolute atomic E-state index is 5.54. The van der Waals surface area contributed by atoms with E-state index in [1.807, 2.05) is 12.1 Å². The fourth-order valence-electron chi connectivity index (χ4n) is 0.608. The van der Waals surface area contributed by atoms with Crippen molar-refractivity contribution < 1.29 is 0 Å². The van der Waals surface area contributed by atoms with E-state index in [1.54, 1.807) is 17.8 Å². The number of nitrogens with two attached hydrogens (primary N) is 1. The summed E-state index contributed by atoms with van der Waals surface area (Å²) in [5.41, 5.74) is 7.08. The van der Waals surface area contributed by atoms with Gasteiger partial charge in [0.2, 0.25) is 0 Å². The van der Waals surface area contributed by atoms with Crippen LogP contribution in [0.5, 0.6) is 0 Å². The van der Waals surface area contributed by atoms with Crippen molar-refractivity contribution in [2.24, 2.45) is 5.73 Å². The molecule has 0 bridgehead atoms. The third kappa shape index (κ3) is 1.51. The summed E-state index contributed by atoms with van der Waals surface area (Å²) in [6.07, 6.45) is 3.40. The Kier molecular flexibility index (Phi) is 2.34. The van der Waals surface area contributed by atoms with E-state index in [0.29, 0.717) is 5.70 Å². The van der Waals surface area contributed by atoms with Crippen LogP contribution in [0.1, 0.15) is 5.56 Å². The van der Waals surface area contributed by atoms with Crippen molar-refractivity contribution in [1.29, 1.82) is 0 Å². The summed E-state index contributed by atoms with van der Waals surface area (Å²) >= 11 is 3.91. The maximum Gasteiger partial charge on any atom is 0.0464 e. The molecule has 0 saturated heterocycles. The number of nitrogens with zero attached hydrogens (tertiary/aromatic N) is 1. The summed E-state index contributed by atoms with van der Waals surface area (Å²) < 4.78 is 0. The largest absolute Gasteiger partial charge is 0.398 e. The summed E-state index contributed by atoms with van der Waals surface area (Å²) in [4.78, 5) is 3.90. The average Bonchev–Trinajstić information content (AvgIpc) is 2.05. The summed E-state index contributed by atoms with van der Waals surface area (Å²) in [5, 5.41) is 1.55. The molecule has 1 heterocycles. The number of aromatic nitrogens is 1. The highest BCUT2D eigenvalue weighted by Crippen LogP contribution is 2.05. The third-order valence-electron chi connectivity index (χ3n) is 1.13. The number of hydrogen-bond donors (Lipinski definition) is 2. The summed E-state index contributed by atoms with van der Waals surface area (Å²) in [5.74, 6) is 0. The average molecular weight is 152 g/mol. The highest BCUT2D eigenvalue weighted by molar-refractivity contribution is 7.83. The van der Waals surface area contributed by atoms with E-state index >= 15 is 0 Å². The predicted molar refractivity (Wildman–Crippen MR) is 45.4 cm³/mol. The quantitative estimate of drug-likeness (QED) is 0.595. The molecule has 52 valence electrons. The van der Waals surface area contributed by atoms with Gasteiger partial charge in [-0.2, -0.15) is 0 Å². The van der Waals surface area contributed by atoms with Crippen LogP contribution in [0.2, 0.25) is 0 Å². The molecule has 0 aliphatic heterocycles. The number of hydrogen-bond acceptors (Lipinski definition) is 3. The molecule has 0 radical (unpaired) electrons. The lowest BCUT2D eigenvalue weighted by Gasteiger charge is -1.96. The van der Waals surface area contributed by atoms with Crippen LogP contribution in [0.15, 0.2) is 29.9 Å². The first-order valence-corrected chi connectivity index (χ1v) is 3.36. The van der Waals surface area contributed by atoms with Gasteiger partial charge in [0, 0.05) is 23.7 Å². The Morgan fingerprint density at radius 3 is 3.00 bits per heavy atom. The molecule has 0 spiro atoms. The fraction of sp³-hybridized carbons (Fsp3) is 0. The molecule has 2 N–H and O–H groups in total. The molecular weight excluding hydrogens is 144 g/mol. The van der Waals surface area contributed by atoms with Crippen LogP contribution in [-0.4, -0.2) is 4.98 Å². The second-order valence-electron chi connectivity index (χ2n) is 1.83. The van der Waals surface area contributed by atoms with Crippen LogP contribution in [0.25, 0.3) is 5.70 Å². The van der Waals surface area contributed by atoms with Crippen LogP contribution in [0.3, 0.4) is 0 Å². The Labute approximate surface area is 65.2 Å². The first kappa shape index (κ1) is 7.15. The van der Waals surface area contributed by atoms with Crippen molar-refractivity contribution in [3.8, 4) is 0 Å². The molecule has 1 aromatic rings. The van der Waals surface area contributed by atoms with E-state index in [0.717, 1.165) is 5.56 Å². The van der Waals surface area contributed by atoms with Crippen molar-refractivity contribution in [2.45, 2.75) is 0 Å². The van der Waals surface area contributed by atoms with Crippen molar-refractivity contribution in [3.05, 3.63) is 35.5 Å². The van der Waals surface area contributed by atoms with Gasteiger partial charge in [-0.15, -0.1) is 12.6 Å². The van der Waals surface area contributed by atoms with E-state index in [9.17, 15) is 0 Å². The standard InChI is InChI=1S/C7H8N2S/c8-7(5-10)6-2-1-3-9-4-6/h1-5,10H,8H2/b7-5-. The van der Waals surface area contributed by atoms with E-state index in [4.69, 9.17) is 5.73 Å². The van der Waals surface area contributed by atoms with Gasteiger partial charge in [-0.3, -0.25) is 4.98 Å². The molecule has 0 amide bonds. The minimum atomic E-state index is 0.636. The van der Waals surface area contributed by atoms with E-state index in [1.165, 1.54) is 0 Å². The summed E-state index contributed by atoms with van der Waals surface area (Å²) in [7, 11) is 0. The molecule has 1 aromatic heterocycles. The van der Waals surface area contributed by atoms with E-state index < -0.39 is 0 Å². The molecule has 1 rings (SSSR count). The first-order valence-electron chi connectivity index (χ1n) is 2.85. The Bertz CT molecular complexity index is 231. The van der Waals surface area contributed by atoms with E-state index in [-0.39, 0.29) is 0 Å². The molecule has 0 aliphatic rings. The first-order chi connectivity index (χ1) is 4.84.